The van der Waals surface area contributed by atoms with Crippen molar-refractivity contribution in [1.29, 1.82) is 0 Å². The zero-order valence-electron chi connectivity index (χ0n) is 11.5. The third kappa shape index (κ3) is 2.56. The Balaban J connectivity index is 1.99. The van der Waals surface area contributed by atoms with Crippen LogP contribution in [0, 0.1) is 5.92 Å². The molecule has 0 bridgehead atoms. The molecule has 0 unspecified atom stereocenters. The minimum Gasteiger partial charge on any atom is -0.303 e. The summed E-state index contributed by atoms with van der Waals surface area (Å²) < 4.78 is 27.1. The number of hydrogen-bond donors (Lipinski definition) is 0. The first-order valence-electron chi connectivity index (χ1n) is 6.92. The van der Waals surface area contributed by atoms with Gasteiger partial charge in [0.25, 0.3) is 0 Å². The Hall–Kier alpha value is -1.79. The van der Waals surface area contributed by atoms with E-state index in [1.54, 1.807) is 36.5 Å². The lowest BCUT2D eigenvalue weighted by molar-refractivity contribution is -0.112. The molecular formula is C15H16N2O3S. The van der Waals surface area contributed by atoms with Crippen LogP contribution in [0.25, 0.3) is 10.9 Å². The van der Waals surface area contributed by atoms with E-state index in [-0.39, 0.29) is 10.8 Å². The molecule has 1 aromatic heterocycles. The largest absolute Gasteiger partial charge is 0.303 e. The first-order chi connectivity index (χ1) is 10.1. The van der Waals surface area contributed by atoms with Crippen LogP contribution in [0.3, 0.4) is 0 Å². The molecule has 6 heteroatoms. The van der Waals surface area contributed by atoms with Gasteiger partial charge >= 0.3 is 0 Å². The summed E-state index contributed by atoms with van der Waals surface area (Å²) in [4.78, 5) is 15.3. The molecule has 1 aromatic carbocycles. The quantitative estimate of drug-likeness (QED) is 0.811. The number of carbonyl (C=O) groups is 1. The van der Waals surface area contributed by atoms with E-state index < -0.39 is 10.0 Å². The SMILES string of the molecule is O=CC1CCN(S(=O)(=O)c2cccc3ncccc23)CC1. The summed E-state index contributed by atoms with van der Waals surface area (Å²) in [5, 5.41) is 0.637. The molecule has 3 rings (SSSR count). The van der Waals surface area contributed by atoms with Crippen molar-refractivity contribution >= 4 is 27.2 Å². The summed E-state index contributed by atoms with van der Waals surface area (Å²) >= 11 is 0. The molecule has 2 aromatic rings. The van der Waals surface area contributed by atoms with E-state index in [1.165, 1.54) is 4.31 Å². The fourth-order valence-corrected chi connectivity index (χ4v) is 4.36. The first kappa shape index (κ1) is 14.2. The van der Waals surface area contributed by atoms with Gasteiger partial charge < -0.3 is 4.79 Å². The molecule has 2 heterocycles. The monoisotopic (exact) mass is 304 g/mol. The standard InChI is InChI=1S/C15H16N2O3S/c18-11-12-6-9-17(10-7-12)21(19,20)15-5-1-4-14-13(15)3-2-8-16-14/h1-5,8,11-12H,6-7,9-10H2. The van der Waals surface area contributed by atoms with E-state index in [1.807, 2.05) is 0 Å². The van der Waals surface area contributed by atoms with E-state index in [4.69, 9.17) is 0 Å². The van der Waals surface area contributed by atoms with Gasteiger partial charge in [0.15, 0.2) is 0 Å². The molecule has 0 saturated carbocycles. The van der Waals surface area contributed by atoms with Gasteiger partial charge in [-0.2, -0.15) is 4.31 Å². The maximum Gasteiger partial charge on any atom is 0.243 e. The Bertz CT molecular complexity index is 760. The number of sulfonamides is 1. The predicted octanol–water partition coefficient (Wildman–Crippen LogP) is 1.83. The van der Waals surface area contributed by atoms with Crippen LogP contribution in [-0.2, 0) is 14.8 Å². The number of aldehydes is 1. The third-order valence-corrected chi connectivity index (χ3v) is 5.87. The van der Waals surface area contributed by atoms with Crippen LogP contribution >= 0.6 is 0 Å². The van der Waals surface area contributed by atoms with Gasteiger partial charge in [-0.15, -0.1) is 0 Å². The molecule has 0 aliphatic carbocycles. The molecule has 5 nitrogen and oxygen atoms in total. The van der Waals surface area contributed by atoms with E-state index in [9.17, 15) is 13.2 Å². The number of rotatable bonds is 3. The van der Waals surface area contributed by atoms with Crippen LogP contribution in [-0.4, -0.2) is 37.1 Å². The third-order valence-electron chi connectivity index (χ3n) is 3.91. The Morgan fingerprint density at radius 2 is 1.90 bits per heavy atom. The number of benzene rings is 1. The lowest BCUT2D eigenvalue weighted by atomic mass is 10.0. The second-order valence-corrected chi connectivity index (χ2v) is 7.11. The summed E-state index contributed by atoms with van der Waals surface area (Å²) in [5.41, 5.74) is 0.668. The maximum absolute atomic E-state index is 12.8. The molecule has 1 fully saturated rings. The Morgan fingerprint density at radius 3 is 2.62 bits per heavy atom. The lowest BCUT2D eigenvalue weighted by Crippen LogP contribution is -2.38. The average molecular weight is 304 g/mol. The second-order valence-electron chi connectivity index (χ2n) is 5.20. The maximum atomic E-state index is 12.8. The van der Waals surface area contributed by atoms with Crippen molar-refractivity contribution in [1.82, 2.24) is 9.29 Å². The number of nitrogens with zero attached hydrogens (tertiary/aromatic N) is 2. The predicted molar refractivity (Wildman–Crippen MR) is 79.3 cm³/mol. The van der Waals surface area contributed by atoms with Gasteiger partial charge in [-0.05, 0) is 37.1 Å². The van der Waals surface area contributed by atoms with Crippen molar-refractivity contribution in [3.63, 3.8) is 0 Å². The van der Waals surface area contributed by atoms with E-state index in [0.717, 1.165) is 6.29 Å². The molecule has 0 N–H and O–H groups in total. The normalized spacial score (nSPS) is 17.9. The summed E-state index contributed by atoms with van der Waals surface area (Å²) in [6.07, 6.45) is 3.75. The Morgan fingerprint density at radius 1 is 1.14 bits per heavy atom. The fourth-order valence-electron chi connectivity index (χ4n) is 2.69. The average Bonchev–Trinajstić information content (AvgIpc) is 2.54. The van der Waals surface area contributed by atoms with Crippen molar-refractivity contribution < 1.29 is 13.2 Å². The summed E-state index contributed by atoms with van der Waals surface area (Å²) in [6.45, 7) is 0.783. The topological polar surface area (TPSA) is 67.3 Å². The zero-order chi connectivity index (χ0) is 14.9. The van der Waals surface area contributed by atoms with E-state index in [2.05, 4.69) is 4.98 Å². The van der Waals surface area contributed by atoms with E-state index in [0.29, 0.717) is 36.8 Å². The second kappa shape index (κ2) is 5.54. The van der Waals surface area contributed by atoms with Crippen LogP contribution in [0.2, 0.25) is 0 Å². The van der Waals surface area contributed by atoms with Gasteiger partial charge in [0, 0.05) is 30.6 Å². The molecule has 0 radical (unpaired) electrons. The molecule has 1 aliphatic heterocycles. The Labute approximate surface area is 123 Å². The Kier molecular flexibility index (Phi) is 3.73. The number of piperidine rings is 1. The summed E-state index contributed by atoms with van der Waals surface area (Å²) in [5.74, 6) is -0.0226. The van der Waals surface area contributed by atoms with Crippen LogP contribution in [0.5, 0.6) is 0 Å². The van der Waals surface area contributed by atoms with Crippen molar-refractivity contribution in [2.45, 2.75) is 17.7 Å². The van der Waals surface area contributed by atoms with Gasteiger partial charge in [-0.25, -0.2) is 8.42 Å². The first-order valence-corrected chi connectivity index (χ1v) is 8.36. The molecular weight excluding hydrogens is 288 g/mol. The van der Waals surface area contributed by atoms with Crippen LogP contribution in [0.1, 0.15) is 12.8 Å². The van der Waals surface area contributed by atoms with Gasteiger partial charge in [0.1, 0.15) is 6.29 Å². The summed E-state index contributed by atoms with van der Waals surface area (Å²) in [6, 6.07) is 8.63. The molecule has 110 valence electrons. The van der Waals surface area contributed by atoms with Crippen molar-refractivity contribution in [3.05, 3.63) is 36.5 Å². The van der Waals surface area contributed by atoms with Gasteiger partial charge in [0.05, 0.1) is 10.4 Å². The minimum atomic E-state index is -3.54. The van der Waals surface area contributed by atoms with Gasteiger partial charge in [-0.3, -0.25) is 4.98 Å². The molecule has 1 aliphatic rings. The van der Waals surface area contributed by atoms with Crippen LogP contribution < -0.4 is 0 Å². The molecule has 0 atom stereocenters. The smallest absolute Gasteiger partial charge is 0.243 e. The minimum absolute atomic E-state index is 0.0226. The van der Waals surface area contributed by atoms with Crippen LogP contribution in [0.4, 0.5) is 0 Å². The highest BCUT2D eigenvalue weighted by Gasteiger charge is 2.30. The van der Waals surface area contributed by atoms with Crippen LogP contribution in [0.15, 0.2) is 41.4 Å². The van der Waals surface area contributed by atoms with Crippen molar-refractivity contribution in [2.75, 3.05) is 13.1 Å². The van der Waals surface area contributed by atoms with Gasteiger partial charge in [0.2, 0.25) is 10.0 Å². The number of pyridine rings is 1. The lowest BCUT2D eigenvalue weighted by Gasteiger charge is -2.29. The molecule has 0 spiro atoms. The highest BCUT2D eigenvalue weighted by molar-refractivity contribution is 7.89. The fraction of sp³-hybridized carbons (Fsp3) is 0.333. The molecule has 0 amide bonds. The number of carbonyl (C=O) groups excluding carboxylic acids is 1. The highest BCUT2D eigenvalue weighted by atomic mass is 32.2. The zero-order valence-corrected chi connectivity index (χ0v) is 12.3. The molecule has 21 heavy (non-hydrogen) atoms. The van der Waals surface area contributed by atoms with Crippen molar-refractivity contribution in [3.8, 4) is 0 Å². The number of hydrogen-bond acceptors (Lipinski definition) is 4. The van der Waals surface area contributed by atoms with Crippen molar-refractivity contribution in [2.24, 2.45) is 5.92 Å². The number of fused-ring (bicyclic) bond motifs is 1. The number of aromatic nitrogens is 1. The molecule has 1 saturated heterocycles. The summed E-state index contributed by atoms with van der Waals surface area (Å²) in [7, 11) is -3.54. The van der Waals surface area contributed by atoms with Gasteiger partial charge in [-0.1, -0.05) is 6.07 Å². The van der Waals surface area contributed by atoms with E-state index >= 15 is 0 Å². The highest BCUT2D eigenvalue weighted by Crippen LogP contribution is 2.27.